The highest BCUT2D eigenvalue weighted by Crippen LogP contribution is 2.30. The molecule has 1 atom stereocenters. The van der Waals surface area contributed by atoms with Gasteiger partial charge in [-0.1, -0.05) is 41.6 Å². The number of fused-ring (bicyclic) bond motifs is 1. The fraction of sp³-hybridized carbons (Fsp3) is 0.188. The number of carboxylic acid groups (broad SMARTS) is 1. The molecular formula is C32H31BClN7O5. The molecule has 0 spiro atoms. The topological polar surface area (TPSA) is 156 Å². The van der Waals surface area contributed by atoms with E-state index in [0.29, 0.717) is 25.2 Å². The number of aromatic nitrogens is 5. The number of halogens is 1. The number of amides is 1. The SMILES string of the molecule is Cl.O=C(Cc1ccc(-n2cc(CN(Cc3ccccn3)Cc3ccccn3)nn2)cc1)N[C@H]1Cc2cccc(C(=O)O)c2OB1O. The summed E-state index contributed by atoms with van der Waals surface area (Å²) in [7, 11) is -1.37. The lowest BCUT2D eigenvalue weighted by atomic mass is 9.72. The summed E-state index contributed by atoms with van der Waals surface area (Å²) in [5, 5.41) is 31.3. The van der Waals surface area contributed by atoms with E-state index < -0.39 is 19.0 Å². The molecule has 0 unspecified atom stereocenters. The molecule has 3 N–H and O–H groups in total. The minimum atomic E-state index is -1.37. The van der Waals surface area contributed by atoms with Gasteiger partial charge in [0, 0.05) is 32.0 Å². The second-order valence-corrected chi connectivity index (χ2v) is 10.8. The number of carbonyl (C=O) groups is 2. The van der Waals surface area contributed by atoms with E-state index in [2.05, 4.69) is 30.5 Å². The van der Waals surface area contributed by atoms with E-state index in [-0.39, 0.29) is 42.5 Å². The Balaban J connectivity index is 0.00000417. The van der Waals surface area contributed by atoms with Crippen LogP contribution in [-0.4, -0.2) is 64.9 Å². The Hall–Kier alpha value is -5.11. The number of benzene rings is 2. The van der Waals surface area contributed by atoms with Crippen molar-refractivity contribution >= 4 is 31.4 Å². The summed E-state index contributed by atoms with van der Waals surface area (Å²) >= 11 is 0. The molecule has 0 saturated heterocycles. The number of hydrogen-bond donors (Lipinski definition) is 3. The zero-order valence-electron chi connectivity index (χ0n) is 24.6. The lowest BCUT2D eigenvalue weighted by Gasteiger charge is -2.28. The van der Waals surface area contributed by atoms with E-state index in [4.69, 9.17) is 4.65 Å². The quantitative estimate of drug-likeness (QED) is 0.184. The van der Waals surface area contributed by atoms with Crippen molar-refractivity contribution in [2.45, 2.75) is 38.4 Å². The lowest BCUT2D eigenvalue weighted by molar-refractivity contribution is -0.120. The second-order valence-electron chi connectivity index (χ2n) is 10.8. The van der Waals surface area contributed by atoms with Crippen LogP contribution in [0.5, 0.6) is 5.75 Å². The van der Waals surface area contributed by atoms with Crippen LogP contribution in [0.3, 0.4) is 0 Å². The van der Waals surface area contributed by atoms with E-state index in [9.17, 15) is 19.7 Å². The summed E-state index contributed by atoms with van der Waals surface area (Å²) in [6.07, 6.45) is 5.78. The van der Waals surface area contributed by atoms with Crippen LogP contribution in [0.2, 0.25) is 0 Å². The van der Waals surface area contributed by atoms with Crippen LogP contribution in [0.4, 0.5) is 0 Å². The first-order chi connectivity index (χ1) is 21.9. The molecule has 0 aliphatic carbocycles. The van der Waals surface area contributed by atoms with Crippen LogP contribution >= 0.6 is 12.4 Å². The Bertz CT molecular complexity index is 1740. The van der Waals surface area contributed by atoms with Crippen molar-refractivity contribution in [1.29, 1.82) is 0 Å². The average molecular weight is 640 g/mol. The van der Waals surface area contributed by atoms with Crippen molar-refractivity contribution in [3.63, 3.8) is 0 Å². The molecule has 5 aromatic rings. The van der Waals surface area contributed by atoms with E-state index >= 15 is 0 Å². The normalized spacial score (nSPS) is 13.8. The van der Waals surface area contributed by atoms with Gasteiger partial charge >= 0.3 is 13.1 Å². The first-order valence-electron chi connectivity index (χ1n) is 14.4. The number of pyridine rings is 2. The minimum Gasteiger partial charge on any atom is -0.534 e. The van der Waals surface area contributed by atoms with Crippen molar-refractivity contribution in [3.05, 3.63) is 131 Å². The van der Waals surface area contributed by atoms with Crippen LogP contribution in [0, 0.1) is 0 Å². The molecule has 1 amide bonds. The van der Waals surface area contributed by atoms with Gasteiger partial charge in [-0.15, -0.1) is 17.5 Å². The molecule has 0 fully saturated rings. The van der Waals surface area contributed by atoms with Crippen molar-refractivity contribution in [1.82, 2.24) is 35.2 Å². The van der Waals surface area contributed by atoms with Gasteiger partial charge in [0.25, 0.3) is 0 Å². The molecule has 1 aliphatic rings. The molecule has 2 aromatic carbocycles. The third-order valence-corrected chi connectivity index (χ3v) is 7.41. The number of aromatic carboxylic acids is 1. The molecule has 12 nitrogen and oxygen atoms in total. The van der Waals surface area contributed by atoms with Crippen molar-refractivity contribution in [3.8, 4) is 11.4 Å². The molecule has 1 aliphatic heterocycles. The van der Waals surface area contributed by atoms with Crippen LogP contribution in [0.25, 0.3) is 5.69 Å². The van der Waals surface area contributed by atoms with E-state index in [1.165, 1.54) is 6.07 Å². The van der Waals surface area contributed by atoms with Crippen molar-refractivity contribution < 1.29 is 24.4 Å². The molecule has 0 bridgehead atoms. The van der Waals surface area contributed by atoms with Crippen molar-refractivity contribution in [2.75, 3.05) is 0 Å². The highest BCUT2D eigenvalue weighted by atomic mass is 35.5. The van der Waals surface area contributed by atoms with Gasteiger partial charge in [0.05, 0.1) is 46.9 Å². The van der Waals surface area contributed by atoms with Gasteiger partial charge in [-0.05, 0) is 60.0 Å². The zero-order valence-corrected chi connectivity index (χ0v) is 25.5. The van der Waals surface area contributed by atoms with Gasteiger partial charge in [-0.2, -0.15) is 0 Å². The van der Waals surface area contributed by atoms with Crippen LogP contribution in [0.15, 0.2) is 97.5 Å². The molecule has 14 heteroatoms. The fourth-order valence-corrected chi connectivity index (χ4v) is 5.26. The van der Waals surface area contributed by atoms with Gasteiger partial charge in [0.1, 0.15) is 5.75 Å². The standard InChI is InChI=1S/C32H30BN7O5.ClH/c41-30(36-29-17-23-6-5-9-28(32(42)43)31(23)45-33(29)44)16-22-10-12-27(13-11-22)40-21-26(37-38-40)20-39(18-24-7-1-3-14-34-24)19-25-8-2-4-15-35-25;/h1-15,21,29,44H,16-20H2,(H,36,41)(H,42,43);1H/t29-;/m0./s1. The second kappa shape index (κ2) is 14.8. The number of carboxylic acids is 1. The molecular weight excluding hydrogens is 609 g/mol. The Kier molecular flexibility index (Phi) is 10.4. The maximum Gasteiger partial charge on any atom is 0.547 e. The third-order valence-electron chi connectivity index (χ3n) is 7.41. The summed E-state index contributed by atoms with van der Waals surface area (Å²) in [5.41, 5.74) is 4.83. The smallest absolute Gasteiger partial charge is 0.534 e. The largest absolute Gasteiger partial charge is 0.547 e. The third kappa shape index (κ3) is 7.94. The molecule has 234 valence electrons. The van der Waals surface area contributed by atoms with E-state index in [1.54, 1.807) is 29.2 Å². The van der Waals surface area contributed by atoms with Gasteiger partial charge in [0.15, 0.2) is 0 Å². The van der Waals surface area contributed by atoms with Crippen LogP contribution in [0.1, 0.15) is 38.6 Å². The number of carbonyl (C=O) groups excluding carboxylic acids is 1. The predicted octanol–water partition coefficient (Wildman–Crippen LogP) is 3.06. The molecule has 0 radical (unpaired) electrons. The first kappa shape index (κ1) is 32.3. The summed E-state index contributed by atoms with van der Waals surface area (Å²) in [4.78, 5) is 35.4. The molecule has 6 rings (SSSR count). The van der Waals surface area contributed by atoms with E-state index in [0.717, 1.165) is 28.3 Å². The molecule has 3 aromatic heterocycles. The van der Waals surface area contributed by atoms with Gasteiger partial charge in [-0.3, -0.25) is 19.7 Å². The van der Waals surface area contributed by atoms with Gasteiger partial charge in [0.2, 0.25) is 5.91 Å². The highest BCUT2D eigenvalue weighted by Gasteiger charge is 2.37. The highest BCUT2D eigenvalue weighted by molar-refractivity contribution is 6.47. The maximum atomic E-state index is 12.8. The Labute approximate surface area is 271 Å². The Morgan fingerprint density at radius 3 is 2.22 bits per heavy atom. The molecule has 0 saturated carbocycles. The zero-order chi connectivity index (χ0) is 31.2. The first-order valence-corrected chi connectivity index (χ1v) is 14.4. The minimum absolute atomic E-state index is 0. The Morgan fingerprint density at radius 2 is 1.59 bits per heavy atom. The number of nitrogens with zero attached hydrogens (tertiary/aromatic N) is 6. The van der Waals surface area contributed by atoms with E-state index in [1.807, 2.05) is 66.9 Å². The predicted molar refractivity (Wildman–Crippen MR) is 171 cm³/mol. The average Bonchev–Trinajstić information content (AvgIpc) is 3.51. The lowest BCUT2D eigenvalue weighted by Crippen LogP contribution is -2.53. The molecule has 4 heterocycles. The van der Waals surface area contributed by atoms with Crippen molar-refractivity contribution in [2.24, 2.45) is 0 Å². The summed E-state index contributed by atoms with van der Waals surface area (Å²) in [6, 6.07) is 23.9. The van der Waals surface area contributed by atoms with Crippen LogP contribution in [-0.2, 0) is 37.3 Å². The number of hydrogen-bond acceptors (Lipinski definition) is 9. The maximum absolute atomic E-state index is 12.8. The van der Waals surface area contributed by atoms with Gasteiger partial charge in [-0.25, -0.2) is 9.48 Å². The van der Waals surface area contributed by atoms with Crippen LogP contribution < -0.4 is 9.97 Å². The fourth-order valence-electron chi connectivity index (χ4n) is 5.26. The number of rotatable bonds is 11. The molecule has 46 heavy (non-hydrogen) atoms. The Morgan fingerprint density at radius 1 is 0.913 bits per heavy atom. The van der Waals surface area contributed by atoms with Gasteiger partial charge < -0.3 is 20.1 Å². The summed E-state index contributed by atoms with van der Waals surface area (Å²) < 4.78 is 7.16. The summed E-state index contributed by atoms with van der Waals surface area (Å²) in [5.74, 6) is -2.02. The summed E-state index contributed by atoms with van der Waals surface area (Å²) in [6.45, 7) is 1.80. The number of para-hydroxylation sites is 1. The monoisotopic (exact) mass is 639 g/mol. The number of nitrogens with one attached hydrogen (secondary N) is 1.